The fourth-order valence-electron chi connectivity index (χ4n) is 1.88. The maximum Gasteiger partial charge on any atom is 0.407 e. The number of carbonyl (C=O) groups excluding carboxylic acids is 1. The number of aliphatic hydroxyl groups is 1. The second-order valence-electron chi connectivity index (χ2n) is 5.80. The van der Waals surface area contributed by atoms with Crippen molar-refractivity contribution < 1.29 is 14.6 Å². The molecule has 4 N–H and O–H groups in total. The third kappa shape index (κ3) is 5.91. The SMILES string of the molecule is CC(C)(C)OC(=O)NC(CCN)C(O)c1ccccc1Cl. The largest absolute Gasteiger partial charge is 0.444 e. The molecule has 0 saturated heterocycles. The summed E-state index contributed by atoms with van der Waals surface area (Å²) in [5, 5.41) is 13.5. The van der Waals surface area contributed by atoms with Crippen LogP contribution in [0.4, 0.5) is 4.79 Å². The van der Waals surface area contributed by atoms with E-state index in [1.807, 2.05) is 0 Å². The fourth-order valence-corrected chi connectivity index (χ4v) is 2.13. The van der Waals surface area contributed by atoms with Crippen molar-refractivity contribution in [1.29, 1.82) is 0 Å². The van der Waals surface area contributed by atoms with E-state index < -0.39 is 23.8 Å². The standard InChI is InChI=1S/C15H23ClN2O3/c1-15(2,3)21-14(20)18-12(8-9-17)13(19)10-6-4-5-7-11(10)16/h4-7,12-13,19H,8-9,17H2,1-3H3,(H,18,20). The highest BCUT2D eigenvalue weighted by Crippen LogP contribution is 2.26. The molecular formula is C15H23ClN2O3. The summed E-state index contributed by atoms with van der Waals surface area (Å²) in [5.41, 5.74) is 5.50. The average Bonchev–Trinajstić information content (AvgIpc) is 2.36. The van der Waals surface area contributed by atoms with Crippen molar-refractivity contribution >= 4 is 17.7 Å². The fraction of sp³-hybridized carbons (Fsp3) is 0.533. The highest BCUT2D eigenvalue weighted by molar-refractivity contribution is 6.31. The van der Waals surface area contributed by atoms with Gasteiger partial charge in [0.1, 0.15) is 11.7 Å². The molecule has 5 nitrogen and oxygen atoms in total. The van der Waals surface area contributed by atoms with Crippen molar-refractivity contribution in [3.05, 3.63) is 34.9 Å². The van der Waals surface area contributed by atoms with Crippen LogP contribution < -0.4 is 11.1 Å². The van der Waals surface area contributed by atoms with Crippen LogP contribution in [0.2, 0.25) is 5.02 Å². The number of ether oxygens (including phenoxy) is 1. The zero-order valence-electron chi connectivity index (χ0n) is 12.6. The first-order valence-corrected chi connectivity index (χ1v) is 7.24. The predicted octanol–water partition coefficient (Wildman–Crippen LogP) is 2.62. The Morgan fingerprint density at radius 2 is 2.05 bits per heavy atom. The lowest BCUT2D eigenvalue weighted by Crippen LogP contribution is -2.43. The molecule has 1 amide bonds. The number of halogens is 1. The van der Waals surface area contributed by atoms with Crippen LogP contribution in [0.3, 0.4) is 0 Å². The molecule has 1 aromatic carbocycles. The van der Waals surface area contributed by atoms with Crippen molar-refractivity contribution in [2.75, 3.05) is 6.54 Å². The summed E-state index contributed by atoms with van der Waals surface area (Å²) in [6, 6.07) is 6.39. The van der Waals surface area contributed by atoms with Gasteiger partial charge in [0.2, 0.25) is 0 Å². The molecule has 0 heterocycles. The molecule has 0 saturated carbocycles. The highest BCUT2D eigenvalue weighted by Gasteiger charge is 2.26. The Balaban J connectivity index is 2.81. The van der Waals surface area contributed by atoms with E-state index in [9.17, 15) is 9.90 Å². The van der Waals surface area contributed by atoms with Gasteiger partial charge < -0.3 is 20.9 Å². The first-order valence-electron chi connectivity index (χ1n) is 6.86. The van der Waals surface area contributed by atoms with Crippen molar-refractivity contribution in [1.82, 2.24) is 5.32 Å². The van der Waals surface area contributed by atoms with Crippen LogP contribution in [0.1, 0.15) is 38.9 Å². The molecule has 2 atom stereocenters. The van der Waals surface area contributed by atoms with E-state index in [4.69, 9.17) is 22.1 Å². The molecule has 0 spiro atoms. The van der Waals surface area contributed by atoms with Gasteiger partial charge in [0.25, 0.3) is 0 Å². The van der Waals surface area contributed by atoms with Crippen LogP contribution in [0.25, 0.3) is 0 Å². The van der Waals surface area contributed by atoms with Gasteiger partial charge in [-0.05, 0) is 39.8 Å². The Hall–Kier alpha value is -1.30. The van der Waals surface area contributed by atoms with Crippen LogP contribution in [0.5, 0.6) is 0 Å². The number of nitrogens with one attached hydrogen (secondary N) is 1. The van der Waals surface area contributed by atoms with Gasteiger partial charge in [-0.2, -0.15) is 0 Å². The van der Waals surface area contributed by atoms with E-state index in [0.717, 1.165) is 0 Å². The van der Waals surface area contributed by atoms with E-state index in [1.54, 1.807) is 45.0 Å². The number of benzene rings is 1. The minimum Gasteiger partial charge on any atom is -0.444 e. The molecule has 0 aliphatic carbocycles. The zero-order chi connectivity index (χ0) is 16.0. The third-order valence-electron chi connectivity index (χ3n) is 2.78. The van der Waals surface area contributed by atoms with Crippen LogP contribution in [0, 0.1) is 0 Å². The van der Waals surface area contributed by atoms with Gasteiger partial charge in [-0.15, -0.1) is 0 Å². The summed E-state index contributed by atoms with van der Waals surface area (Å²) in [6.45, 7) is 5.64. The van der Waals surface area contributed by atoms with Gasteiger partial charge in [0.15, 0.2) is 0 Å². The van der Waals surface area contributed by atoms with E-state index >= 15 is 0 Å². The number of hydrogen-bond acceptors (Lipinski definition) is 4. The molecule has 1 rings (SSSR count). The number of nitrogens with two attached hydrogens (primary N) is 1. The smallest absolute Gasteiger partial charge is 0.407 e. The first-order chi connectivity index (χ1) is 9.74. The number of alkyl carbamates (subject to hydrolysis) is 1. The zero-order valence-corrected chi connectivity index (χ0v) is 13.4. The quantitative estimate of drug-likeness (QED) is 0.780. The number of hydrogen-bond donors (Lipinski definition) is 3. The van der Waals surface area contributed by atoms with Crippen LogP contribution >= 0.6 is 11.6 Å². The van der Waals surface area contributed by atoms with E-state index in [0.29, 0.717) is 23.6 Å². The first kappa shape index (κ1) is 17.8. The minimum absolute atomic E-state index is 0.321. The second-order valence-corrected chi connectivity index (χ2v) is 6.20. The van der Waals surface area contributed by atoms with Crippen molar-refractivity contribution in [3.63, 3.8) is 0 Å². The summed E-state index contributed by atoms with van der Waals surface area (Å²) in [6.07, 6.45) is -1.13. The topological polar surface area (TPSA) is 84.6 Å². The molecule has 1 aromatic rings. The molecule has 2 unspecified atom stereocenters. The maximum absolute atomic E-state index is 11.8. The summed E-state index contributed by atoms with van der Waals surface area (Å²) in [7, 11) is 0. The summed E-state index contributed by atoms with van der Waals surface area (Å²) >= 11 is 6.07. The highest BCUT2D eigenvalue weighted by atomic mass is 35.5. The molecule has 21 heavy (non-hydrogen) atoms. The lowest BCUT2D eigenvalue weighted by Gasteiger charge is -2.27. The molecule has 6 heteroatoms. The molecule has 0 aromatic heterocycles. The molecule has 0 aliphatic rings. The van der Waals surface area contributed by atoms with E-state index in [1.165, 1.54) is 0 Å². The van der Waals surface area contributed by atoms with Gasteiger partial charge in [-0.3, -0.25) is 0 Å². The van der Waals surface area contributed by atoms with Crippen molar-refractivity contribution in [2.24, 2.45) is 5.73 Å². The van der Waals surface area contributed by atoms with Gasteiger partial charge >= 0.3 is 6.09 Å². The maximum atomic E-state index is 11.8. The van der Waals surface area contributed by atoms with Crippen LogP contribution in [0.15, 0.2) is 24.3 Å². The van der Waals surface area contributed by atoms with Gasteiger partial charge in [-0.25, -0.2) is 4.79 Å². The number of aliphatic hydroxyl groups excluding tert-OH is 1. The monoisotopic (exact) mass is 314 g/mol. The number of rotatable bonds is 5. The molecular weight excluding hydrogens is 292 g/mol. The van der Waals surface area contributed by atoms with E-state index in [2.05, 4.69) is 5.32 Å². The third-order valence-corrected chi connectivity index (χ3v) is 3.13. The van der Waals surface area contributed by atoms with E-state index in [-0.39, 0.29) is 0 Å². The van der Waals surface area contributed by atoms with Crippen LogP contribution in [-0.2, 0) is 4.74 Å². The summed E-state index contributed by atoms with van der Waals surface area (Å²) in [4.78, 5) is 11.8. The number of amides is 1. The Kier molecular flexibility index (Phi) is 6.45. The normalized spacial score (nSPS) is 14.4. The van der Waals surface area contributed by atoms with Gasteiger partial charge in [0, 0.05) is 10.6 Å². The lowest BCUT2D eigenvalue weighted by molar-refractivity contribution is 0.0416. The summed E-state index contributed by atoms with van der Waals surface area (Å²) < 4.78 is 5.20. The van der Waals surface area contributed by atoms with Crippen molar-refractivity contribution in [2.45, 2.75) is 44.9 Å². The molecule has 0 fully saturated rings. The molecule has 118 valence electrons. The Morgan fingerprint density at radius 1 is 1.43 bits per heavy atom. The van der Waals surface area contributed by atoms with Crippen molar-refractivity contribution in [3.8, 4) is 0 Å². The lowest BCUT2D eigenvalue weighted by atomic mass is 10.00. The number of carbonyl (C=O) groups is 1. The van der Waals surface area contributed by atoms with Gasteiger partial charge in [0.05, 0.1) is 6.04 Å². The Bertz CT molecular complexity index is 474. The molecule has 0 aliphatic heterocycles. The molecule has 0 radical (unpaired) electrons. The predicted molar refractivity (Wildman–Crippen MR) is 83.2 cm³/mol. The van der Waals surface area contributed by atoms with Crippen LogP contribution in [-0.4, -0.2) is 29.4 Å². The van der Waals surface area contributed by atoms with Gasteiger partial charge in [-0.1, -0.05) is 29.8 Å². The second kappa shape index (κ2) is 7.64. The minimum atomic E-state index is -0.949. The molecule has 0 bridgehead atoms. The summed E-state index contributed by atoms with van der Waals surface area (Å²) in [5.74, 6) is 0. The average molecular weight is 315 g/mol. The Morgan fingerprint density at radius 3 is 2.57 bits per heavy atom. The Labute approximate surface area is 130 Å².